The lowest BCUT2D eigenvalue weighted by Crippen LogP contribution is -2.48. The zero-order valence-corrected chi connectivity index (χ0v) is 15.6. The number of aromatic nitrogens is 1. The third-order valence-electron chi connectivity index (χ3n) is 4.77. The number of piperazine rings is 1. The highest BCUT2D eigenvalue weighted by Crippen LogP contribution is 2.21. The van der Waals surface area contributed by atoms with Crippen LogP contribution in [0.15, 0.2) is 65.2 Å². The van der Waals surface area contributed by atoms with Crippen LogP contribution >= 0.6 is 11.6 Å². The lowest BCUT2D eigenvalue weighted by molar-refractivity contribution is 0.0618. The fourth-order valence-electron chi connectivity index (χ4n) is 3.23. The fourth-order valence-corrected chi connectivity index (χ4v) is 3.36. The topological polar surface area (TPSA) is 49.6 Å². The van der Waals surface area contributed by atoms with Crippen molar-refractivity contribution in [1.29, 1.82) is 0 Å². The summed E-state index contributed by atoms with van der Waals surface area (Å²) in [4.78, 5) is 16.9. The Hall–Kier alpha value is -2.63. The van der Waals surface area contributed by atoms with Crippen molar-refractivity contribution in [3.63, 3.8) is 0 Å². The van der Waals surface area contributed by atoms with Gasteiger partial charge in [-0.15, -0.1) is 0 Å². The molecule has 2 aromatic carbocycles. The number of carbonyl (C=O) groups is 1. The van der Waals surface area contributed by atoms with E-state index in [2.05, 4.69) is 10.1 Å². The molecule has 1 amide bonds. The van der Waals surface area contributed by atoms with Crippen LogP contribution in [0, 0.1) is 0 Å². The number of carbonyl (C=O) groups excluding carboxylic acids is 1. The molecule has 2 heterocycles. The number of hydrogen-bond donors (Lipinski definition) is 0. The molecular weight excluding hydrogens is 362 g/mol. The van der Waals surface area contributed by atoms with E-state index in [1.54, 1.807) is 6.07 Å². The molecule has 0 N–H and O–H groups in total. The monoisotopic (exact) mass is 381 g/mol. The lowest BCUT2D eigenvalue weighted by Gasteiger charge is -2.34. The summed E-state index contributed by atoms with van der Waals surface area (Å²) in [7, 11) is 0. The van der Waals surface area contributed by atoms with Crippen LogP contribution in [0.3, 0.4) is 0 Å². The predicted molar refractivity (Wildman–Crippen MR) is 105 cm³/mol. The average molecular weight is 382 g/mol. The smallest absolute Gasteiger partial charge is 0.276 e. The van der Waals surface area contributed by atoms with Gasteiger partial charge in [-0.1, -0.05) is 59.2 Å². The summed E-state index contributed by atoms with van der Waals surface area (Å²) in [5.74, 6) is 0.535. The zero-order chi connectivity index (χ0) is 18.6. The summed E-state index contributed by atoms with van der Waals surface area (Å²) in [6.07, 6.45) is 0. The minimum Gasteiger partial charge on any atom is -0.355 e. The summed E-state index contributed by atoms with van der Waals surface area (Å²) < 4.78 is 5.35. The van der Waals surface area contributed by atoms with E-state index in [4.69, 9.17) is 16.1 Å². The van der Waals surface area contributed by atoms with E-state index >= 15 is 0 Å². The first kappa shape index (κ1) is 17.8. The number of amides is 1. The van der Waals surface area contributed by atoms with Gasteiger partial charge in [-0.25, -0.2) is 0 Å². The first-order valence-corrected chi connectivity index (χ1v) is 9.35. The van der Waals surface area contributed by atoms with Crippen molar-refractivity contribution < 1.29 is 9.32 Å². The highest BCUT2D eigenvalue weighted by atomic mass is 35.5. The molecular formula is C21H20ClN3O2. The molecule has 1 aromatic heterocycles. The molecule has 1 aliphatic rings. The molecule has 27 heavy (non-hydrogen) atoms. The third-order valence-corrected chi connectivity index (χ3v) is 5.02. The van der Waals surface area contributed by atoms with Crippen LogP contribution in [0.25, 0.3) is 11.3 Å². The molecule has 6 heteroatoms. The molecule has 5 nitrogen and oxygen atoms in total. The molecule has 0 atom stereocenters. The summed E-state index contributed by atoms with van der Waals surface area (Å²) in [5.41, 5.74) is 2.50. The Kier molecular flexibility index (Phi) is 5.23. The van der Waals surface area contributed by atoms with Crippen LogP contribution in [0.2, 0.25) is 5.02 Å². The Balaban J connectivity index is 1.35. The summed E-state index contributed by atoms with van der Waals surface area (Å²) in [6, 6.07) is 19.3. The molecule has 1 aliphatic heterocycles. The Morgan fingerprint density at radius 1 is 1.00 bits per heavy atom. The van der Waals surface area contributed by atoms with Gasteiger partial charge in [-0.05, 0) is 17.7 Å². The van der Waals surface area contributed by atoms with Crippen molar-refractivity contribution in [1.82, 2.24) is 15.0 Å². The molecule has 3 aromatic rings. The SMILES string of the molecule is O=C(c1cc(-c2ccccc2)on1)N1CCN(Cc2ccc(Cl)cc2)CC1. The van der Waals surface area contributed by atoms with Crippen LogP contribution in [0.5, 0.6) is 0 Å². The van der Waals surface area contributed by atoms with Gasteiger partial charge in [-0.2, -0.15) is 0 Å². The number of halogens is 1. The van der Waals surface area contributed by atoms with Crippen LogP contribution in [-0.4, -0.2) is 47.0 Å². The first-order valence-electron chi connectivity index (χ1n) is 8.97. The van der Waals surface area contributed by atoms with Gasteiger partial charge < -0.3 is 9.42 Å². The molecule has 0 radical (unpaired) electrons. The largest absolute Gasteiger partial charge is 0.355 e. The molecule has 0 aliphatic carbocycles. The average Bonchev–Trinajstić information content (AvgIpc) is 3.21. The summed E-state index contributed by atoms with van der Waals surface area (Å²) in [5, 5.41) is 4.72. The number of nitrogens with zero attached hydrogens (tertiary/aromatic N) is 3. The van der Waals surface area contributed by atoms with E-state index in [1.165, 1.54) is 5.56 Å². The van der Waals surface area contributed by atoms with Crippen molar-refractivity contribution in [2.75, 3.05) is 26.2 Å². The molecule has 0 saturated carbocycles. The summed E-state index contributed by atoms with van der Waals surface area (Å²) in [6.45, 7) is 3.89. The molecule has 0 unspecified atom stereocenters. The second kappa shape index (κ2) is 7.94. The second-order valence-corrected chi connectivity index (χ2v) is 7.07. The van der Waals surface area contributed by atoms with Gasteiger partial charge in [-0.3, -0.25) is 9.69 Å². The number of rotatable bonds is 4. The van der Waals surface area contributed by atoms with E-state index in [0.29, 0.717) is 24.5 Å². The van der Waals surface area contributed by atoms with Crippen molar-refractivity contribution in [2.45, 2.75) is 6.54 Å². The van der Waals surface area contributed by atoms with Gasteiger partial charge >= 0.3 is 0 Å². The van der Waals surface area contributed by atoms with Gasteiger partial charge in [0.25, 0.3) is 5.91 Å². The maximum Gasteiger partial charge on any atom is 0.276 e. The van der Waals surface area contributed by atoms with Crippen LogP contribution in [0.1, 0.15) is 16.1 Å². The molecule has 0 bridgehead atoms. The quantitative estimate of drug-likeness (QED) is 0.686. The lowest BCUT2D eigenvalue weighted by atomic mass is 10.1. The van der Waals surface area contributed by atoms with Crippen LogP contribution < -0.4 is 0 Å². The minimum absolute atomic E-state index is 0.0768. The normalized spacial score (nSPS) is 15.1. The molecule has 1 saturated heterocycles. The van der Waals surface area contributed by atoms with Crippen molar-refractivity contribution in [3.8, 4) is 11.3 Å². The molecule has 4 rings (SSSR count). The fraction of sp³-hybridized carbons (Fsp3) is 0.238. The van der Waals surface area contributed by atoms with Gasteiger partial charge in [0.05, 0.1) is 0 Å². The Morgan fingerprint density at radius 3 is 2.41 bits per heavy atom. The summed E-state index contributed by atoms with van der Waals surface area (Å²) >= 11 is 5.94. The van der Waals surface area contributed by atoms with Crippen LogP contribution in [-0.2, 0) is 6.54 Å². The second-order valence-electron chi connectivity index (χ2n) is 6.64. The number of hydrogen-bond acceptors (Lipinski definition) is 4. The van der Waals surface area contributed by atoms with E-state index in [-0.39, 0.29) is 5.91 Å². The van der Waals surface area contributed by atoms with Gasteiger partial charge in [0.15, 0.2) is 11.5 Å². The van der Waals surface area contributed by atoms with Crippen molar-refractivity contribution in [3.05, 3.63) is 76.9 Å². The van der Waals surface area contributed by atoms with Gasteiger partial charge in [0.1, 0.15) is 0 Å². The van der Waals surface area contributed by atoms with Gasteiger partial charge in [0, 0.05) is 49.4 Å². The molecule has 0 spiro atoms. The van der Waals surface area contributed by atoms with E-state index in [1.807, 2.05) is 59.5 Å². The van der Waals surface area contributed by atoms with Gasteiger partial charge in [0.2, 0.25) is 0 Å². The highest BCUT2D eigenvalue weighted by Gasteiger charge is 2.24. The predicted octanol–water partition coefficient (Wildman–Crippen LogP) is 3.95. The van der Waals surface area contributed by atoms with E-state index < -0.39 is 0 Å². The molecule has 138 valence electrons. The Morgan fingerprint density at radius 2 is 1.70 bits per heavy atom. The van der Waals surface area contributed by atoms with E-state index in [9.17, 15) is 4.79 Å². The highest BCUT2D eigenvalue weighted by molar-refractivity contribution is 6.30. The third kappa shape index (κ3) is 4.21. The van der Waals surface area contributed by atoms with Crippen LogP contribution in [0.4, 0.5) is 0 Å². The Bertz CT molecular complexity index is 901. The standard InChI is InChI=1S/C21H20ClN3O2/c22-18-8-6-16(7-9-18)15-24-10-12-25(13-11-24)21(26)19-14-20(27-23-19)17-4-2-1-3-5-17/h1-9,14H,10-13,15H2. The maximum absolute atomic E-state index is 12.7. The zero-order valence-electron chi connectivity index (χ0n) is 14.8. The maximum atomic E-state index is 12.7. The minimum atomic E-state index is -0.0768. The number of benzene rings is 2. The molecule has 1 fully saturated rings. The first-order chi connectivity index (χ1) is 13.2. The van der Waals surface area contributed by atoms with E-state index in [0.717, 1.165) is 30.2 Å². The van der Waals surface area contributed by atoms with Crippen molar-refractivity contribution >= 4 is 17.5 Å². The Labute approximate surface area is 163 Å². The van der Waals surface area contributed by atoms with Crippen molar-refractivity contribution in [2.24, 2.45) is 0 Å².